The van der Waals surface area contributed by atoms with E-state index in [1.807, 2.05) is 12.1 Å². The predicted molar refractivity (Wildman–Crippen MR) is 78.2 cm³/mol. The van der Waals surface area contributed by atoms with Crippen molar-refractivity contribution in [1.82, 2.24) is 4.90 Å². The van der Waals surface area contributed by atoms with Gasteiger partial charge in [-0.25, -0.2) is 0 Å². The number of carbonyl (C=O) groups excluding carboxylic acids is 1. The van der Waals surface area contributed by atoms with Gasteiger partial charge in [-0.15, -0.1) is 0 Å². The molecule has 0 bridgehead atoms. The predicted octanol–water partition coefficient (Wildman–Crippen LogP) is 1.22. The maximum absolute atomic E-state index is 12.3. The number of Topliss-reactive ketones (excluding diaryl/α,β-unsaturated/α-hetero) is 1. The van der Waals surface area contributed by atoms with Crippen LogP contribution in [0.1, 0.15) is 36.3 Å². The maximum Gasteiger partial charge on any atom is 0.231 e. The van der Waals surface area contributed by atoms with Crippen molar-refractivity contribution in [2.24, 2.45) is 0 Å². The number of rotatable bonds is 0. The van der Waals surface area contributed by atoms with Gasteiger partial charge in [0.1, 0.15) is 6.10 Å². The summed E-state index contributed by atoms with van der Waals surface area (Å²) in [4.78, 5) is 14.7. The number of benzene rings is 1. The molecule has 1 aliphatic carbocycles. The van der Waals surface area contributed by atoms with E-state index in [9.17, 15) is 9.90 Å². The molecule has 3 atom stereocenters. The third-order valence-electron chi connectivity index (χ3n) is 5.99. The van der Waals surface area contributed by atoms with Gasteiger partial charge in [0.2, 0.25) is 6.79 Å². The molecular formula is C17H19NO4. The van der Waals surface area contributed by atoms with Crippen molar-refractivity contribution in [3.05, 3.63) is 23.3 Å². The zero-order chi connectivity index (χ0) is 14.9. The summed E-state index contributed by atoms with van der Waals surface area (Å²) in [5.41, 5.74) is 2.10. The number of hydrogen-bond donors (Lipinski definition) is 1. The number of ether oxygens (including phenoxy) is 2. The Labute approximate surface area is 128 Å². The fourth-order valence-electron chi connectivity index (χ4n) is 5.06. The zero-order valence-corrected chi connectivity index (χ0v) is 12.4. The van der Waals surface area contributed by atoms with Gasteiger partial charge in [-0.2, -0.15) is 0 Å². The van der Waals surface area contributed by atoms with Crippen LogP contribution in [0.4, 0.5) is 0 Å². The molecular weight excluding hydrogens is 282 g/mol. The van der Waals surface area contributed by atoms with E-state index in [-0.39, 0.29) is 24.0 Å². The fourth-order valence-corrected chi connectivity index (χ4v) is 5.06. The molecule has 2 fully saturated rings. The highest BCUT2D eigenvalue weighted by molar-refractivity contribution is 5.89. The average Bonchev–Trinajstić information content (AvgIpc) is 3.15. The van der Waals surface area contributed by atoms with E-state index in [2.05, 4.69) is 4.90 Å². The van der Waals surface area contributed by atoms with Crippen molar-refractivity contribution in [1.29, 1.82) is 0 Å². The minimum Gasteiger partial charge on any atom is -0.454 e. The monoisotopic (exact) mass is 301 g/mol. The van der Waals surface area contributed by atoms with Gasteiger partial charge in [-0.1, -0.05) is 0 Å². The van der Waals surface area contributed by atoms with E-state index in [1.165, 1.54) is 5.56 Å². The first-order valence-corrected chi connectivity index (χ1v) is 8.07. The molecule has 22 heavy (non-hydrogen) atoms. The average molecular weight is 301 g/mol. The van der Waals surface area contributed by atoms with Gasteiger partial charge in [0.15, 0.2) is 17.3 Å². The normalized spacial score (nSPS) is 36.0. The summed E-state index contributed by atoms with van der Waals surface area (Å²) < 4.78 is 11.0. The summed E-state index contributed by atoms with van der Waals surface area (Å²) in [5.74, 6) is 1.39. The lowest BCUT2D eigenvalue weighted by atomic mass is 9.78. The number of carbonyl (C=O) groups is 1. The van der Waals surface area contributed by atoms with Gasteiger partial charge in [0.05, 0.1) is 0 Å². The highest BCUT2D eigenvalue weighted by atomic mass is 16.7. The molecule has 0 unspecified atom stereocenters. The van der Waals surface area contributed by atoms with Crippen molar-refractivity contribution >= 4 is 5.78 Å². The minimum atomic E-state index is -0.891. The van der Waals surface area contributed by atoms with Crippen LogP contribution in [0.5, 0.6) is 11.5 Å². The molecule has 0 aromatic heterocycles. The highest BCUT2D eigenvalue weighted by Crippen LogP contribution is 2.54. The maximum atomic E-state index is 12.3. The molecule has 0 amide bonds. The lowest BCUT2D eigenvalue weighted by Gasteiger charge is -2.38. The molecule has 1 aromatic carbocycles. The van der Waals surface area contributed by atoms with E-state index >= 15 is 0 Å². The molecule has 4 aliphatic rings. The van der Waals surface area contributed by atoms with E-state index in [4.69, 9.17) is 9.47 Å². The van der Waals surface area contributed by atoms with Gasteiger partial charge in [0.25, 0.3) is 0 Å². The second-order valence-corrected chi connectivity index (χ2v) is 6.91. The number of fused-ring (bicyclic) bond motifs is 3. The number of nitrogens with zero attached hydrogens (tertiary/aromatic N) is 1. The molecule has 5 nitrogen and oxygen atoms in total. The number of aliphatic hydroxyl groups is 1. The summed E-state index contributed by atoms with van der Waals surface area (Å²) in [6.07, 6.45) is 2.63. The summed E-state index contributed by atoms with van der Waals surface area (Å²) >= 11 is 0. The van der Waals surface area contributed by atoms with E-state index < -0.39 is 6.10 Å². The Morgan fingerprint density at radius 1 is 1.23 bits per heavy atom. The quantitative estimate of drug-likeness (QED) is 0.781. The van der Waals surface area contributed by atoms with E-state index in [0.29, 0.717) is 6.42 Å². The van der Waals surface area contributed by atoms with Crippen molar-refractivity contribution in [3.8, 4) is 11.5 Å². The van der Waals surface area contributed by atoms with Crippen molar-refractivity contribution in [3.63, 3.8) is 0 Å². The SMILES string of the molecule is O=C1C[C@@]23CCCN2CCc2cc4c(cc2[C@@H]3[C@@H]1O)OCO4. The molecule has 0 radical (unpaired) electrons. The van der Waals surface area contributed by atoms with Crippen LogP contribution >= 0.6 is 0 Å². The molecule has 1 N–H and O–H groups in total. The summed E-state index contributed by atoms with van der Waals surface area (Å²) in [7, 11) is 0. The summed E-state index contributed by atoms with van der Waals surface area (Å²) in [5, 5.41) is 10.6. The largest absolute Gasteiger partial charge is 0.454 e. The molecule has 3 aliphatic heterocycles. The first kappa shape index (κ1) is 12.9. The molecule has 5 rings (SSSR count). The number of aliphatic hydroxyl groups excluding tert-OH is 1. The van der Waals surface area contributed by atoms with Crippen LogP contribution in [0.2, 0.25) is 0 Å². The van der Waals surface area contributed by atoms with Crippen LogP contribution in [-0.2, 0) is 11.2 Å². The van der Waals surface area contributed by atoms with Crippen molar-refractivity contribution in [2.75, 3.05) is 19.9 Å². The Balaban J connectivity index is 1.72. The molecule has 5 heteroatoms. The Bertz CT molecular complexity index is 673. The van der Waals surface area contributed by atoms with Crippen molar-refractivity contribution in [2.45, 2.75) is 43.2 Å². The molecule has 1 aromatic rings. The molecule has 3 heterocycles. The first-order valence-electron chi connectivity index (χ1n) is 8.07. The molecule has 116 valence electrons. The minimum absolute atomic E-state index is 0.0117. The second kappa shape index (κ2) is 4.24. The third-order valence-corrected chi connectivity index (χ3v) is 5.99. The zero-order valence-electron chi connectivity index (χ0n) is 12.4. The van der Waals surface area contributed by atoms with Crippen LogP contribution in [0.15, 0.2) is 12.1 Å². The fraction of sp³-hybridized carbons (Fsp3) is 0.588. The Morgan fingerprint density at radius 3 is 2.91 bits per heavy atom. The summed E-state index contributed by atoms with van der Waals surface area (Å²) in [6.45, 7) is 2.22. The third kappa shape index (κ3) is 1.48. The van der Waals surface area contributed by atoms with Crippen LogP contribution in [0.3, 0.4) is 0 Å². The first-order chi connectivity index (χ1) is 10.7. The number of hydrogen-bond acceptors (Lipinski definition) is 5. The van der Waals surface area contributed by atoms with Crippen LogP contribution < -0.4 is 9.47 Å². The Hall–Kier alpha value is -1.59. The van der Waals surface area contributed by atoms with Crippen LogP contribution in [-0.4, -0.2) is 47.3 Å². The van der Waals surface area contributed by atoms with Crippen molar-refractivity contribution < 1.29 is 19.4 Å². The smallest absolute Gasteiger partial charge is 0.231 e. The molecule has 1 saturated carbocycles. The lowest BCUT2D eigenvalue weighted by Crippen LogP contribution is -2.46. The standard InChI is InChI=1S/C17H19NO4/c19-12-8-17-3-1-4-18(17)5-2-10-6-13-14(22-9-21-13)7-11(10)15(17)16(12)20/h6-7,15-16,20H,1-5,8-9H2/t15-,16-,17-/m1/s1. The molecule has 1 saturated heterocycles. The highest BCUT2D eigenvalue weighted by Gasteiger charge is 2.59. The Kier molecular flexibility index (Phi) is 2.48. The van der Waals surface area contributed by atoms with E-state index in [1.54, 1.807) is 0 Å². The summed E-state index contributed by atoms with van der Waals surface area (Å²) in [6, 6.07) is 4.05. The number of ketones is 1. The van der Waals surface area contributed by atoms with Gasteiger partial charge < -0.3 is 14.6 Å². The Morgan fingerprint density at radius 2 is 2.05 bits per heavy atom. The lowest BCUT2D eigenvalue weighted by molar-refractivity contribution is -0.124. The van der Waals surface area contributed by atoms with Gasteiger partial charge in [-0.05, 0) is 49.1 Å². The second-order valence-electron chi connectivity index (χ2n) is 6.91. The van der Waals surface area contributed by atoms with Crippen LogP contribution in [0, 0.1) is 0 Å². The van der Waals surface area contributed by atoms with Gasteiger partial charge in [-0.3, -0.25) is 9.69 Å². The van der Waals surface area contributed by atoms with Gasteiger partial charge >= 0.3 is 0 Å². The topological polar surface area (TPSA) is 59.0 Å². The van der Waals surface area contributed by atoms with Crippen LogP contribution in [0.25, 0.3) is 0 Å². The molecule has 1 spiro atoms. The van der Waals surface area contributed by atoms with Gasteiger partial charge in [0, 0.05) is 24.4 Å². The van der Waals surface area contributed by atoms with E-state index in [0.717, 1.165) is 49.4 Å².